The largest absolute Gasteiger partial charge is 0.497 e. The first-order valence-electron chi connectivity index (χ1n) is 7.47. The Bertz CT molecular complexity index is 597. The number of nitrogens with one attached hydrogen (secondary N) is 1. The molecule has 0 saturated heterocycles. The molecule has 0 aliphatic heterocycles. The molecular formula is C16H22F3NO4S. The second-order valence-corrected chi connectivity index (χ2v) is 8.30. The van der Waals surface area contributed by atoms with Gasteiger partial charge in [0.1, 0.15) is 18.4 Å². The summed E-state index contributed by atoms with van der Waals surface area (Å²) in [6.45, 7) is 4.44. The van der Waals surface area contributed by atoms with Gasteiger partial charge in [0.2, 0.25) is 0 Å². The van der Waals surface area contributed by atoms with Crippen LogP contribution in [0.25, 0.3) is 0 Å². The minimum atomic E-state index is -4.72. The van der Waals surface area contributed by atoms with Crippen LogP contribution in [0.5, 0.6) is 5.75 Å². The Hall–Kier alpha value is -1.61. The normalized spacial score (nSPS) is 14.7. The quantitative estimate of drug-likeness (QED) is 0.737. The highest BCUT2D eigenvalue weighted by Crippen LogP contribution is 2.25. The molecule has 0 bridgehead atoms. The Morgan fingerprint density at radius 2 is 1.76 bits per heavy atom. The number of esters is 1. The van der Waals surface area contributed by atoms with E-state index >= 15 is 0 Å². The summed E-state index contributed by atoms with van der Waals surface area (Å²) in [6, 6.07) is 4.34. The third kappa shape index (κ3) is 7.43. The number of rotatable bonds is 7. The smallest absolute Gasteiger partial charge is 0.405 e. The summed E-state index contributed by atoms with van der Waals surface area (Å²) in [5, 5.41) is 0. The van der Waals surface area contributed by atoms with E-state index in [2.05, 4.69) is 0 Å². The fraction of sp³-hybridized carbons (Fsp3) is 0.562. The fourth-order valence-corrected chi connectivity index (χ4v) is 2.47. The zero-order valence-electron chi connectivity index (χ0n) is 14.5. The summed E-state index contributed by atoms with van der Waals surface area (Å²) >= 11 is 0. The number of alkyl halides is 3. The Labute approximate surface area is 147 Å². The number of hydrogen-bond acceptors (Lipinski definition) is 4. The Kier molecular flexibility index (Phi) is 7.43. The van der Waals surface area contributed by atoms with Gasteiger partial charge in [0, 0.05) is 0 Å². The third-order valence-corrected chi connectivity index (χ3v) is 4.74. The van der Waals surface area contributed by atoms with Crippen LogP contribution in [0.3, 0.4) is 0 Å². The Balaban J connectivity index is 2.64. The molecule has 9 heteroatoms. The monoisotopic (exact) mass is 381 g/mol. The lowest BCUT2D eigenvalue weighted by atomic mass is 10.2. The number of halogens is 3. The summed E-state index contributed by atoms with van der Waals surface area (Å²) in [6.07, 6.45) is -5.68. The second kappa shape index (κ2) is 8.66. The summed E-state index contributed by atoms with van der Waals surface area (Å²) in [4.78, 5) is 11.7. The van der Waals surface area contributed by atoms with Gasteiger partial charge in [-0.15, -0.1) is 0 Å². The van der Waals surface area contributed by atoms with Crippen LogP contribution < -0.4 is 9.46 Å². The summed E-state index contributed by atoms with van der Waals surface area (Å²) in [5.41, 5.74) is 0.615. The third-order valence-electron chi connectivity index (χ3n) is 3.13. The fourth-order valence-electron chi connectivity index (χ4n) is 1.64. The summed E-state index contributed by atoms with van der Waals surface area (Å²) in [5.74, 6) is -0.419. The van der Waals surface area contributed by atoms with Crippen molar-refractivity contribution >= 4 is 17.0 Å². The van der Waals surface area contributed by atoms with Crippen LogP contribution in [-0.4, -0.2) is 34.3 Å². The van der Waals surface area contributed by atoms with Gasteiger partial charge < -0.3 is 9.47 Å². The van der Waals surface area contributed by atoms with Crippen LogP contribution >= 0.6 is 0 Å². The molecule has 2 atom stereocenters. The minimum Gasteiger partial charge on any atom is -0.497 e. The highest BCUT2D eigenvalue weighted by atomic mass is 32.2. The lowest BCUT2D eigenvalue weighted by Gasteiger charge is -2.25. The molecule has 1 unspecified atom stereocenters. The van der Waals surface area contributed by atoms with Gasteiger partial charge in [-0.05, 0) is 38.5 Å². The van der Waals surface area contributed by atoms with Crippen molar-refractivity contribution in [3.63, 3.8) is 0 Å². The van der Waals surface area contributed by atoms with Gasteiger partial charge in [-0.2, -0.15) is 13.2 Å². The Morgan fingerprint density at radius 3 is 2.20 bits per heavy atom. The number of ether oxygens (including phenoxy) is 2. The van der Waals surface area contributed by atoms with Crippen LogP contribution in [0.15, 0.2) is 24.3 Å². The Morgan fingerprint density at radius 1 is 1.20 bits per heavy atom. The first-order valence-corrected chi connectivity index (χ1v) is 8.62. The standard InChI is InChI=1S/C16H22F3NO4S/c1-15(2,3)25(22)20-13(16(17,18)19)9-14(21)24-10-11-5-7-12(23-4)8-6-11/h5-8,13,20H,9-10H2,1-4H3/t13-,25?/m0/s1. The summed E-state index contributed by atoms with van der Waals surface area (Å²) < 4.78 is 62.0. The molecule has 0 spiro atoms. The van der Waals surface area contributed by atoms with Gasteiger partial charge in [-0.3, -0.25) is 4.79 Å². The number of carbonyl (C=O) groups is 1. The number of hydrogen-bond donors (Lipinski definition) is 1. The lowest BCUT2D eigenvalue weighted by Crippen LogP contribution is -2.48. The van der Waals surface area contributed by atoms with E-state index in [0.29, 0.717) is 11.3 Å². The van der Waals surface area contributed by atoms with E-state index in [1.165, 1.54) is 27.9 Å². The van der Waals surface area contributed by atoms with E-state index < -0.39 is 40.3 Å². The average Bonchev–Trinajstić information content (AvgIpc) is 2.50. The molecule has 0 aromatic heterocycles. The maximum Gasteiger partial charge on any atom is 0.405 e. The van der Waals surface area contributed by atoms with Crippen LogP contribution in [0, 0.1) is 0 Å². The van der Waals surface area contributed by atoms with Gasteiger partial charge in [0.05, 0.1) is 29.3 Å². The van der Waals surface area contributed by atoms with E-state index in [0.717, 1.165) is 0 Å². The molecule has 1 rings (SSSR count). The van der Waals surface area contributed by atoms with E-state index in [4.69, 9.17) is 9.47 Å². The molecule has 0 aliphatic carbocycles. The van der Waals surface area contributed by atoms with Crippen LogP contribution in [-0.2, 0) is 27.1 Å². The minimum absolute atomic E-state index is 0.157. The molecule has 1 aromatic rings. The number of methoxy groups -OCH3 is 1. The maximum atomic E-state index is 13.1. The molecule has 0 radical (unpaired) electrons. The molecular weight excluding hydrogens is 359 g/mol. The molecule has 1 aromatic carbocycles. The van der Waals surface area contributed by atoms with Crippen molar-refractivity contribution in [2.45, 2.75) is 50.8 Å². The molecule has 142 valence electrons. The second-order valence-electron chi connectivity index (χ2n) is 6.31. The molecule has 0 aliphatic rings. The number of benzene rings is 1. The van der Waals surface area contributed by atoms with Crippen molar-refractivity contribution in [3.8, 4) is 5.75 Å². The topological polar surface area (TPSA) is 64.6 Å². The van der Waals surface area contributed by atoms with Crippen molar-refractivity contribution in [3.05, 3.63) is 29.8 Å². The van der Waals surface area contributed by atoms with E-state index in [1.807, 2.05) is 4.72 Å². The summed E-state index contributed by atoms with van der Waals surface area (Å²) in [7, 11) is -0.465. The molecule has 5 nitrogen and oxygen atoms in total. The zero-order chi connectivity index (χ0) is 19.3. The molecule has 0 fully saturated rings. The van der Waals surface area contributed by atoms with Gasteiger partial charge in [0.25, 0.3) is 0 Å². The van der Waals surface area contributed by atoms with Gasteiger partial charge in [-0.1, -0.05) is 12.1 Å². The van der Waals surface area contributed by atoms with Crippen LogP contribution in [0.2, 0.25) is 0 Å². The molecule has 25 heavy (non-hydrogen) atoms. The lowest BCUT2D eigenvalue weighted by molar-refractivity contribution is -0.167. The molecule has 0 saturated carbocycles. The van der Waals surface area contributed by atoms with Crippen molar-refractivity contribution < 1.29 is 31.6 Å². The van der Waals surface area contributed by atoms with Crippen molar-refractivity contribution in [2.75, 3.05) is 7.11 Å². The van der Waals surface area contributed by atoms with Gasteiger partial charge in [0.15, 0.2) is 0 Å². The predicted octanol–water partition coefficient (Wildman–Crippen LogP) is 3.11. The average molecular weight is 381 g/mol. The van der Waals surface area contributed by atoms with Crippen molar-refractivity contribution in [2.24, 2.45) is 0 Å². The molecule has 0 amide bonds. The van der Waals surface area contributed by atoms with Crippen molar-refractivity contribution in [1.82, 2.24) is 4.72 Å². The van der Waals surface area contributed by atoms with E-state index in [1.54, 1.807) is 24.3 Å². The highest BCUT2D eigenvalue weighted by molar-refractivity contribution is 7.84. The maximum absolute atomic E-state index is 13.1. The first kappa shape index (κ1) is 21.4. The predicted molar refractivity (Wildman–Crippen MR) is 88.3 cm³/mol. The first-order chi connectivity index (χ1) is 11.4. The SMILES string of the molecule is COc1ccc(COC(=O)C[C@H](NS(=O)C(C)(C)C)C(F)(F)F)cc1. The van der Waals surface area contributed by atoms with E-state index in [-0.39, 0.29) is 6.61 Å². The van der Waals surface area contributed by atoms with E-state index in [9.17, 15) is 22.2 Å². The molecule has 1 N–H and O–H groups in total. The molecule has 0 heterocycles. The van der Waals surface area contributed by atoms with Gasteiger partial charge in [-0.25, -0.2) is 8.93 Å². The number of carbonyl (C=O) groups excluding carboxylic acids is 1. The van der Waals surface area contributed by atoms with Crippen molar-refractivity contribution in [1.29, 1.82) is 0 Å². The van der Waals surface area contributed by atoms with Crippen LogP contribution in [0.4, 0.5) is 13.2 Å². The highest BCUT2D eigenvalue weighted by Gasteiger charge is 2.43. The van der Waals surface area contributed by atoms with Gasteiger partial charge >= 0.3 is 12.1 Å². The zero-order valence-corrected chi connectivity index (χ0v) is 15.3. The van der Waals surface area contributed by atoms with Crippen LogP contribution in [0.1, 0.15) is 32.8 Å².